The van der Waals surface area contributed by atoms with E-state index in [-0.39, 0.29) is 0 Å². The molecule has 0 fully saturated rings. The molecule has 0 aliphatic rings. The highest BCUT2D eigenvalue weighted by Gasteiger charge is 2.00. The first-order valence-corrected chi connectivity index (χ1v) is 6.68. The molecule has 0 amide bonds. The summed E-state index contributed by atoms with van der Waals surface area (Å²) in [6, 6.07) is 10.7. The van der Waals surface area contributed by atoms with Crippen LogP contribution >= 0.6 is 11.3 Å². The highest BCUT2D eigenvalue weighted by atomic mass is 32.1. The van der Waals surface area contributed by atoms with Gasteiger partial charge in [0.1, 0.15) is 0 Å². The Bertz CT molecular complexity index is 443. The highest BCUT2D eigenvalue weighted by molar-refractivity contribution is 7.19. The molecule has 1 heterocycles. The Balaban J connectivity index is 1.77. The fraction of sp³-hybridized carbons (Fsp3) is 0.357. The molecule has 89 valence electrons. The van der Waals surface area contributed by atoms with Gasteiger partial charge in [0.2, 0.25) is 0 Å². The van der Waals surface area contributed by atoms with Crippen molar-refractivity contribution in [2.24, 2.45) is 0 Å². The highest BCUT2D eigenvalue weighted by Crippen LogP contribution is 2.26. The topological polar surface area (TPSA) is 26.3 Å². The first-order chi connectivity index (χ1) is 8.40. The molecule has 2 aromatic rings. The van der Waals surface area contributed by atoms with E-state index >= 15 is 0 Å². The molecule has 2 rings (SSSR count). The van der Waals surface area contributed by atoms with Crippen LogP contribution in [0.5, 0.6) is 0 Å². The second-order valence-electron chi connectivity index (χ2n) is 3.99. The lowest BCUT2D eigenvalue weighted by Crippen LogP contribution is -1.91. The molecule has 1 aromatic heterocycles. The molecule has 0 aliphatic carbocycles. The number of unbranched alkanes of at least 4 members (excludes halogenated alkanes) is 2. The summed E-state index contributed by atoms with van der Waals surface area (Å²) in [6.45, 7) is 1.94. The Labute approximate surface area is 105 Å². The maximum absolute atomic E-state index is 9.81. The molecule has 3 heteroatoms. The van der Waals surface area contributed by atoms with E-state index < -0.39 is 0 Å². The maximum Gasteiger partial charge on any atom is 0.417 e. The van der Waals surface area contributed by atoms with Crippen LogP contribution in [0.1, 0.15) is 24.1 Å². The molecule has 2 nitrogen and oxygen atoms in total. The summed E-state index contributed by atoms with van der Waals surface area (Å²) in [6.07, 6.45) is 4.29. The Morgan fingerprint density at radius 1 is 1.18 bits per heavy atom. The summed E-state index contributed by atoms with van der Waals surface area (Å²) in [5.74, 6) is 0. The zero-order valence-corrected chi connectivity index (χ0v) is 10.5. The fourth-order valence-electron chi connectivity index (χ4n) is 1.85. The van der Waals surface area contributed by atoms with E-state index in [1.807, 2.05) is 11.3 Å². The van der Waals surface area contributed by atoms with Gasteiger partial charge in [-0.25, -0.2) is 4.79 Å². The van der Waals surface area contributed by atoms with Gasteiger partial charge in [0, 0.05) is 9.58 Å². The Morgan fingerprint density at radius 3 is 2.88 bits per heavy atom. The average molecular weight is 247 g/mol. The Hall–Kier alpha value is -1.35. The van der Waals surface area contributed by atoms with Gasteiger partial charge in [0.05, 0.1) is 6.61 Å². The standard InChI is InChI=1S/C14H15O2S/c15-11-16-9-5-1-2-7-13-10-12-6-3-4-8-14(12)17-13/h3-4,6,8,10H,1-2,5,7,9H2. The molecule has 1 aromatic carbocycles. The van der Waals surface area contributed by atoms with Crippen molar-refractivity contribution in [3.63, 3.8) is 0 Å². The second kappa shape index (κ2) is 6.40. The first kappa shape index (κ1) is 12.1. The normalized spacial score (nSPS) is 10.6. The number of ether oxygens (including phenoxy) is 1. The van der Waals surface area contributed by atoms with Gasteiger partial charge in [-0.15, -0.1) is 11.3 Å². The van der Waals surface area contributed by atoms with E-state index in [9.17, 15) is 4.79 Å². The second-order valence-corrected chi connectivity index (χ2v) is 5.16. The van der Waals surface area contributed by atoms with Gasteiger partial charge in [0.15, 0.2) is 0 Å². The minimum Gasteiger partial charge on any atom is -0.457 e. The molecule has 0 N–H and O–H groups in total. The molecule has 1 radical (unpaired) electrons. The SMILES string of the molecule is O=[C]OCCCCCc1cc2ccccc2s1. The van der Waals surface area contributed by atoms with Crippen LogP contribution in [-0.2, 0) is 16.0 Å². The molecule has 0 spiro atoms. The summed E-state index contributed by atoms with van der Waals surface area (Å²) in [5, 5.41) is 1.34. The molecule has 0 bridgehead atoms. The van der Waals surface area contributed by atoms with Crippen LogP contribution in [0.3, 0.4) is 0 Å². The van der Waals surface area contributed by atoms with Crippen molar-refractivity contribution in [3.8, 4) is 0 Å². The van der Waals surface area contributed by atoms with E-state index in [1.165, 1.54) is 21.4 Å². The smallest absolute Gasteiger partial charge is 0.417 e. The van der Waals surface area contributed by atoms with Crippen LogP contribution in [0, 0.1) is 0 Å². The van der Waals surface area contributed by atoms with Crippen molar-refractivity contribution in [1.82, 2.24) is 0 Å². The van der Waals surface area contributed by atoms with Crippen LogP contribution in [0.4, 0.5) is 0 Å². The summed E-state index contributed by atoms with van der Waals surface area (Å²) >= 11 is 1.87. The number of fused-ring (bicyclic) bond motifs is 1. The van der Waals surface area contributed by atoms with Gasteiger partial charge in [-0.3, -0.25) is 0 Å². The van der Waals surface area contributed by atoms with Crippen LogP contribution in [-0.4, -0.2) is 13.1 Å². The Morgan fingerprint density at radius 2 is 2.06 bits per heavy atom. The molecule has 0 atom stereocenters. The van der Waals surface area contributed by atoms with E-state index in [4.69, 9.17) is 0 Å². The zero-order valence-electron chi connectivity index (χ0n) is 9.65. The van der Waals surface area contributed by atoms with E-state index in [0.717, 1.165) is 25.7 Å². The predicted octanol–water partition coefficient (Wildman–Crippen LogP) is 3.70. The van der Waals surface area contributed by atoms with Gasteiger partial charge >= 0.3 is 6.47 Å². The Kier molecular flexibility index (Phi) is 4.56. The number of aryl methyl sites for hydroxylation is 1. The quantitative estimate of drug-likeness (QED) is 0.697. The lowest BCUT2D eigenvalue weighted by molar-refractivity contribution is 0.269. The third-order valence-electron chi connectivity index (χ3n) is 2.71. The summed E-state index contributed by atoms with van der Waals surface area (Å²) in [7, 11) is 0. The summed E-state index contributed by atoms with van der Waals surface area (Å²) < 4.78 is 5.89. The molecule has 0 saturated carbocycles. The van der Waals surface area contributed by atoms with Crippen molar-refractivity contribution < 1.29 is 9.53 Å². The predicted molar refractivity (Wildman–Crippen MR) is 71.0 cm³/mol. The van der Waals surface area contributed by atoms with Gasteiger partial charge in [-0.1, -0.05) is 18.2 Å². The number of thiophene rings is 1. The van der Waals surface area contributed by atoms with Crippen LogP contribution in [0.15, 0.2) is 30.3 Å². The number of hydrogen-bond acceptors (Lipinski definition) is 3. The fourth-order valence-corrected chi connectivity index (χ4v) is 2.96. The molecular weight excluding hydrogens is 232 g/mol. The van der Waals surface area contributed by atoms with E-state index in [2.05, 4.69) is 35.1 Å². The van der Waals surface area contributed by atoms with Crippen molar-refractivity contribution in [1.29, 1.82) is 0 Å². The minimum atomic E-state index is 0.496. The van der Waals surface area contributed by atoms with Gasteiger partial charge in [0.25, 0.3) is 0 Å². The maximum atomic E-state index is 9.81. The molecule has 17 heavy (non-hydrogen) atoms. The third kappa shape index (κ3) is 3.56. The molecule has 0 aliphatic heterocycles. The third-order valence-corrected chi connectivity index (χ3v) is 3.88. The van der Waals surface area contributed by atoms with Gasteiger partial charge in [-0.05, 0) is 43.2 Å². The molecule has 0 unspecified atom stereocenters. The van der Waals surface area contributed by atoms with Gasteiger partial charge < -0.3 is 4.74 Å². The number of carbonyl (C=O) groups excluding carboxylic acids is 1. The van der Waals surface area contributed by atoms with Crippen LogP contribution < -0.4 is 0 Å². The lowest BCUT2D eigenvalue weighted by Gasteiger charge is -1.98. The number of hydrogen-bond donors (Lipinski definition) is 0. The summed E-state index contributed by atoms with van der Waals surface area (Å²) in [4.78, 5) is 11.3. The van der Waals surface area contributed by atoms with Crippen LogP contribution in [0.2, 0.25) is 0 Å². The van der Waals surface area contributed by atoms with Crippen LogP contribution in [0.25, 0.3) is 10.1 Å². The number of rotatable bonds is 7. The van der Waals surface area contributed by atoms with Crippen molar-refractivity contribution in [2.45, 2.75) is 25.7 Å². The average Bonchev–Trinajstić information content (AvgIpc) is 2.76. The monoisotopic (exact) mass is 247 g/mol. The molecular formula is C14H15O2S. The van der Waals surface area contributed by atoms with Crippen molar-refractivity contribution in [2.75, 3.05) is 6.61 Å². The largest absolute Gasteiger partial charge is 0.457 e. The first-order valence-electron chi connectivity index (χ1n) is 5.86. The minimum absolute atomic E-state index is 0.496. The lowest BCUT2D eigenvalue weighted by atomic mass is 10.1. The van der Waals surface area contributed by atoms with Crippen molar-refractivity contribution >= 4 is 27.9 Å². The number of benzene rings is 1. The van der Waals surface area contributed by atoms with Crippen molar-refractivity contribution in [3.05, 3.63) is 35.2 Å². The molecule has 0 saturated heterocycles. The van der Waals surface area contributed by atoms with E-state index in [1.54, 1.807) is 0 Å². The van der Waals surface area contributed by atoms with E-state index in [0.29, 0.717) is 6.61 Å². The van der Waals surface area contributed by atoms with Gasteiger partial charge in [-0.2, -0.15) is 0 Å². The summed E-state index contributed by atoms with van der Waals surface area (Å²) in [5.41, 5.74) is 0. The zero-order chi connectivity index (χ0) is 11.9.